The van der Waals surface area contributed by atoms with Gasteiger partial charge in [-0.15, -0.1) is 0 Å². The summed E-state index contributed by atoms with van der Waals surface area (Å²) in [7, 11) is 0. The molecule has 2 aliphatic rings. The van der Waals surface area contributed by atoms with Crippen molar-refractivity contribution in [3.05, 3.63) is 120 Å². The Bertz CT molecular complexity index is 1310. The number of benzene rings is 4. The van der Waals surface area contributed by atoms with Crippen LogP contribution in [0.3, 0.4) is 0 Å². The molecule has 0 aliphatic carbocycles. The largest absolute Gasteiger partial charge is 0.338 e. The molecule has 2 heterocycles. The summed E-state index contributed by atoms with van der Waals surface area (Å²) in [5, 5.41) is 2.17. The van der Waals surface area contributed by atoms with Crippen molar-refractivity contribution in [2.24, 2.45) is 5.92 Å². The Morgan fingerprint density at radius 1 is 0.694 bits per heavy atom. The van der Waals surface area contributed by atoms with E-state index >= 15 is 0 Å². The Balaban J connectivity index is 1.19. The minimum Gasteiger partial charge on any atom is -0.338 e. The number of hydrogen-bond donors (Lipinski definition) is 0. The van der Waals surface area contributed by atoms with Gasteiger partial charge in [0, 0.05) is 31.1 Å². The maximum Gasteiger partial charge on any atom is 0.254 e. The first-order valence-electron chi connectivity index (χ1n) is 13.4. The molecule has 36 heavy (non-hydrogen) atoms. The molecular formula is C33H34N2O. The topological polar surface area (TPSA) is 23.6 Å². The van der Waals surface area contributed by atoms with Crippen LogP contribution in [0, 0.1) is 5.92 Å². The molecule has 2 aliphatic heterocycles. The lowest BCUT2D eigenvalue weighted by molar-refractivity contribution is 0.0783. The highest BCUT2D eigenvalue weighted by Crippen LogP contribution is 2.36. The van der Waals surface area contributed by atoms with Crippen LogP contribution in [-0.2, 0) is 0 Å². The van der Waals surface area contributed by atoms with Crippen LogP contribution in [0.4, 0.5) is 0 Å². The van der Waals surface area contributed by atoms with Crippen molar-refractivity contribution in [2.45, 2.75) is 24.7 Å². The maximum atomic E-state index is 13.8. The molecule has 3 heteroatoms. The molecule has 4 aromatic carbocycles. The zero-order valence-electron chi connectivity index (χ0n) is 20.8. The normalized spacial score (nSPS) is 21.2. The number of piperidine rings is 1. The fourth-order valence-corrected chi connectivity index (χ4v) is 6.39. The number of carbonyl (C=O) groups is 1. The Labute approximate surface area is 214 Å². The molecule has 2 unspecified atom stereocenters. The number of likely N-dealkylation sites (tertiary alicyclic amines) is 2. The SMILES string of the molecule is O=C(c1cccc2ccccc12)N1CC(CN2CCC(c3ccccc3)CC2)C(c2ccccc2)C1. The van der Waals surface area contributed by atoms with Crippen LogP contribution in [0.2, 0.25) is 0 Å². The number of nitrogens with zero attached hydrogens (tertiary/aromatic N) is 2. The molecule has 0 saturated carbocycles. The predicted molar refractivity (Wildman–Crippen MR) is 147 cm³/mol. The zero-order valence-corrected chi connectivity index (χ0v) is 20.8. The highest BCUT2D eigenvalue weighted by atomic mass is 16.2. The van der Waals surface area contributed by atoms with E-state index in [1.165, 1.54) is 24.0 Å². The molecule has 1 amide bonds. The third-order valence-corrected chi connectivity index (χ3v) is 8.33. The first kappa shape index (κ1) is 23.0. The lowest BCUT2D eigenvalue weighted by Crippen LogP contribution is -2.38. The van der Waals surface area contributed by atoms with E-state index in [0.29, 0.717) is 17.8 Å². The molecule has 2 fully saturated rings. The number of fused-ring (bicyclic) bond motifs is 1. The van der Waals surface area contributed by atoms with Crippen molar-refractivity contribution < 1.29 is 4.79 Å². The van der Waals surface area contributed by atoms with Gasteiger partial charge in [0.15, 0.2) is 0 Å². The van der Waals surface area contributed by atoms with Gasteiger partial charge >= 0.3 is 0 Å². The maximum absolute atomic E-state index is 13.8. The molecule has 0 radical (unpaired) electrons. The standard InChI is InChI=1S/C33H34N2O/c36-33(31-17-9-15-27-14-7-8-16-30(27)31)35-23-29(32(24-35)28-12-5-2-6-13-28)22-34-20-18-26(19-21-34)25-10-3-1-4-11-25/h1-17,26,29,32H,18-24H2. The van der Waals surface area contributed by atoms with Gasteiger partial charge in [-0.2, -0.15) is 0 Å². The zero-order chi connectivity index (χ0) is 24.3. The van der Waals surface area contributed by atoms with Crippen LogP contribution in [0.15, 0.2) is 103 Å². The second-order valence-electron chi connectivity index (χ2n) is 10.5. The first-order valence-corrected chi connectivity index (χ1v) is 13.4. The van der Waals surface area contributed by atoms with Crippen LogP contribution in [0.25, 0.3) is 10.8 Å². The number of amides is 1. The van der Waals surface area contributed by atoms with E-state index in [0.717, 1.165) is 49.1 Å². The molecule has 182 valence electrons. The second kappa shape index (κ2) is 10.3. The summed E-state index contributed by atoms with van der Waals surface area (Å²) in [6, 6.07) is 36.1. The van der Waals surface area contributed by atoms with E-state index in [1.807, 2.05) is 24.3 Å². The van der Waals surface area contributed by atoms with Crippen LogP contribution in [-0.4, -0.2) is 48.4 Å². The van der Waals surface area contributed by atoms with Crippen LogP contribution < -0.4 is 0 Å². The van der Waals surface area contributed by atoms with E-state index in [1.54, 1.807) is 0 Å². The van der Waals surface area contributed by atoms with E-state index < -0.39 is 0 Å². The predicted octanol–water partition coefficient (Wildman–Crippen LogP) is 6.58. The number of rotatable bonds is 5. The molecule has 0 N–H and O–H groups in total. The highest BCUT2D eigenvalue weighted by Gasteiger charge is 2.38. The summed E-state index contributed by atoms with van der Waals surface area (Å²) in [6.07, 6.45) is 2.43. The Morgan fingerprint density at radius 3 is 2.08 bits per heavy atom. The summed E-state index contributed by atoms with van der Waals surface area (Å²) >= 11 is 0. The van der Waals surface area contributed by atoms with Gasteiger partial charge in [0.25, 0.3) is 5.91 Å². The lowest BCUT2D eigenvalue weighted by Gasteiger charge is -2.34. The fourth-order valence-electron chi connectivity index (χ4n) is 6.39. The molecule has 0 bridgehead atoms. The second-order valence-corrected chi connectivity index (χ2v) is 10.5. The van der Waals surface area contributed by atoms with E-state index in [9.17, 15) is 4.79 Å². The van der Waals surface area contributed by atoms with Gasteiger partial charge in [0.2, 0.25) is 0 Å². The summed E-state index contributed by atoms with van der Waals surface area (Å²) in [5.41, 5.74) is 3.66. The van der Waals surface area contributed by atoms with Gasteiger partial charge in [-0.05, 0) is 65.7 Å². The van der Waals surface area contributed by atoms with Gasteiger partial charge in [-0.3, -0.25) is 4.79 Å². The minimum atomic E-state index is 0.165. The molecule has 2 atom stereocenters. The Hall–Kier alpha value is -3.43. The van der Waals surface area contributed by atoms with Crippen LogP contribution in [0.5, 0.6) is 0 Å². The summed E-state index contributed by atoms with van der Waals surface area (Å²) in [4.78, 5) is 18.5. The third kappa shape index (κ3) is 4.68. The van der Waals surface area contributed by atoms with Crippen molar-refractivity contribution >= 4 is 16.7 Å². The van der Waals surface area contributed by atoms with Crippen molar-refractivity contribution in [1.82, 2.24) is 9.80 Å². The summed E-state index contributed by atoms with van der Waals surface area (Å²) < 4.78 is 0. The van der Waals surface area contributed by atoms with Gasteiger partial charge in [0.1, 0.15) is 0 Å². The van der Waals surface area contributed by atoms with Gasteiger partial charge in [0.05, 0.1) is 0 Å². The van der Waals surface area contributed by atoms with Gasteiger partial charge < -0.3 is 9.80 Å². The lowest BCUT2D eigenvalue weighted by atomic mass is 9.86. The van der Waals surface area contributed by atoms with Crippen molar-refractivity contribution in [3.63, 3.8) is 0 Å². The van der Waals surface area contributed by atoms with E-state index in [-0.39, 0.29) is 5.91 Å². The quantitative estimate of drug-likeness (QED) is 0.326. The molecule has 0 spiro atoms. The number of hydrogen-bond acceptors (Lipinski definition) is 2. The van der Waals surface area contributed by atoms with Crippen LogP contribution >= 0.6 is 0 Å². The van der Waals surface area contributed by atoms with Gasteiger partial charge in [-0.25, -0.2) is 0 Å². The van der Waals surface area contributed by atoms with Crippen molar-refractivity contribution in [1.29, 1.82) is 0 Å². The molecular weight excluding hydrogens is 440 g/mol. The first-order chi connectivity index (χ1) is 17.8. The molecule has 6 rings (SSSR count). The molecule has 0 aromatic heterocycles. The smallest absolute Gasteiger partial charge is 0.254 e. The van der Waals surface area contributed by atoms with E-state index in [4.69, 9.17) is 0 Å². The van der Waals surface area contributed by atoms with Crippen molar-refractivity contribution in [2.75, 3.05) is 32.7 Å². The third-order valence-electron chi connectivity index (χ3n) is 8.33. The monoisotopic (exact) mass is 474 g/mol. The number of carbonyl (C=O) groups excluding carboxylic acids is 1. The minimum absolute atomic E-state index is 0.165. The Kier molecular flexibility index (Phi) is 6.57. The highest BCUT2D eigenvalue weighted by molar-refractivity contribution is 6.07. The average molecular weight is 475 g/mol. The average Bonchev–Trinajstić information content (AvgIpc) is 3.37. The fraction of sp³-hybridized carbons (Fsp3) is 0.303. The van der Waals surface area contributed by atoms with Crippen molar-refractivity contribution in [3.8, 4) is 0 Å². The summed E-state index contributed by atoms with van der Waals surface area (Å²) in [6.45, 7) is 4.93. The summed E-state index contributed by atoms with van der Waals surface area (Å²) in [5.74, 6) is 1.65. The molecule has 4 aromatic rings. The van der Waals surface area contributed by atoms with E-state index in [2.05, 4.69) is 88.7 Å². The van der Waals surface area contributed by atoms with Gasteiger partial charge in [-0.1, -0.05) is 97.1 Å². The Morgan fingerprint density at radius 2 is 1.33 bits per heavy atom. The molecule has 2 saturated heterocycles. The molecule has 3 nitrogen and oxygen atoms in total. The van der Waals surface area contributed by atoms with Crippen LogP contribution in [0.1, 0.15) is 46.2 Å².